The average molecular weight is 198 g/mol. The van der Waals surface area contributed by atoms with E-state index in [1.807, 2.05) is 20.8 Å². The quantitative estimate of drug-likeness (QED) is 0.395. The Hall–Kier alpha value is -1.09. The first-order valence-corrected chi connectivity index (χ1v) is 4.48. The van der Waals surface area contributed by atoms with Crippen molar-refractivity contribution in [3.63, 3.8) is 0 Å². The van der Waals surface area contributed by atoms with Crippen molar-refractivity contribution in [1.29, 1.82) is 0 Å². The summed E-state index contributed by atoms with van der Waals surface area (Å²) in [6.07, 6.45) is 2.97. The third-order valence-corrected chi connectivity index (χ3v) is 1.23. The number of esters is 1. The highest BCUT2D eigenvalue weighted by molar-refractivity contribution is 5.87. The van der Waals surface area contributed by atoms with E-state index in [0.717, 1.165) is 0 Å². The normalized spacial score (nSPS) is 11.7. The maximum atomic E-state index is 10.9. The van der Waals surface area contributed by atoms with E-state index in [2.05, 4.69) is 6.58 Å². The van der Waals surface area contributed by atoms with Gasteiger partial charge in [0.05, 0.1) is 18.5 Å². The van der Waals surface area contributed by atoms with Crippen LogP contribution in [-0.2, 0) is 14.3 Å². The third-order valence-electron chi connectivity index (χ3n) is 1.23. The number of hydrogen-bond donors (Lipinski definition) is 0. The minimum absolute atomic E-state index is 0.178. The number of ether oxygens (including phenoxy) is 2. The predicted molar refractivity (Wildman–Crippen MR) is 55.8 cm³/mol. The Morgan fingerprint density at radius 1 is 1.43 bits per heavy atom. The first-order valence-electron chi connectivity index (χ1n) is 4.48. The molecule has 3 nitrogen and oxygen atoms in total. The Bertz CT molecular complexity index is 233. The smallest absolute Gasteiger partial charge is 0.337 e. The molecule has 0 aromatic heterocycles. The Morgan fingerprint density at radius 2 is 2.00 bits per heavy atom. The van der Waals surface area contributed by atoms with E-state index in [0.29, 0.717) is 12.2 Å². The van der Waals surface area contributed by atoms with E-state index in [1.54, 1.807) is 13.0 Å². The zero-order valence-corrected chi connectivity index (χ0v) is 9.29. The van der Waals surface area contributed by atoms with Crippen LogP contribution in [0.3, 0.4) is 0 Å². The number of hydrogen-bond acceptors (Lipinski definition) is 3. The van der Waals surface area contributed by atoms with Gasteiger partial charge in [-0.15, -0.1) is 0 Å². The number of rotatable bonds is 4. The molecule has 0 saturated heterocycles. The minimum Gasteiger partial charge on any atom is -0.431 e. The molecule has 80 valence electrons. The van der Waals surface area contributed by atoms with Crippen molar-refractivity contribution in [2.45, 2.75) is 33.3 Å². The van der Waals surface area contributed by atoms with Gasteiger partial charge >= 0.3 is 5.97 Å². The molecule has 0 saturated carbocycles. The molecule has 0 aromatic carbocycles. The van der Waals surface area contributed by atoms with Gasteiger partial charge in [-0.05, 0) is 33.8 Å². The molecular weight excluding hydrogens is 180 g/mol. The van der Waals surface area contributed by atoms with Crippen molar-refractivity contribution in [1.82, 2.24) is 0 Å². The molecule has 0 aliphatic carbocycles. The molecule has 14 heavy (non-hydrogen) atoms. The van der Waals surface area contributed by atoms with E-state index < -0.39 is 5.97 Å². The van der Waals surface area contributed by atoms with Gasteiger partial charge in [0, 0.05) is 5.57 Å². The van der Waals surface area contributed by atoms with Crippen molar-refractivity contribution in [3.8, 4) is 0 Å². The largest absolute Gasteiger partial charge is 0.431 e. The maximum Gasteiger partial charge on any atom is 0.337 e. The molecule has 0 spiro atoms. The molecule has 0 rings (SSSR count). The molecule has 0 fully saturated rings. The van der Waals surface area contributed by atoms with Gasteiger partial charge in [0.25, 0.3) is 0 Å². The van der Waals surface area contributed by atoms with Crippen LogP contribution in [-0.4, -0.2) is 18.2 Å². The SMILES string of the molecule is C=C(C)C(=O)OC=CCOC(C)(C)C. The van der Waals surface area contributed by atoms with Crippen LogP contribution in [0.1, 0.15) is 27.7 Å². The summed E-state index contributed by atoms with van der Waals surface area (Å²) in [6.45, 7) is 11.4. The first kappa shape index (κ1) is 12.9. The van der Waals surface area contributed by atoms with Gasteiger partial charge in [-0.25, -0.2) is 4.79 Å². The van der Waals surface area contributed by atoms with Crippen LogP contribution >= 0.6 is 0 Å². The van der Waals surface area contributed by atoms with Crippen LogP contribution in [0.5, 0.6) is 0 Å². The van der Waals surface area contributed by atoms with Gasteiger partial charge in [0.15, 0.2) is 0 Å². The van der Waals surface area contributed by atoms with Gasteiger partial charge in [-0.2, -0.15) is 0 Å². The van der Waals surface area contributed by atoms with Crippen molar-refractivity contribution < 1.29 is 14.3 Å². The van der Waals surface area contributed by atoms with E-state index in [1.165, 1.54) is 6.26 Å². The Morgan fingerprint density at radius 3 is 2.43 bits per heavy atom. The third kappa shape index (κ3) is 7.55. The zero-order chi connectivity index (χ0) is 11.2. The summed E-state index contributed by atoms with van der Waals surface area (Å²) in [5.74, 6) is -0.419. The first-order chi connectivity index (χ1) is 6.33. The lowest BCUT2D eigenvalue weighted by Gasteiger charge is -2.17. The fourth-order valence-corrected chi connectivity index (χ4v) is 0.548. The van der Waals surface area contributed by atoms with Gasteiger partial charge in [-0.1, -0.05) is 6.58 Å². The second kappa shape index (κ2) is 5.60. The molecule has 0 aromatic rings. The summed E-state index contributed by atoms with van der Waals surface area (Å²) < 4.78 is 10.1. The summed E-state index contributed by atoms with van der Waals surface area (Å²) in [5, 5.41) is 0. The van der Waals surface area contributed by atoms with Crippen LogP contribution in [0, 0.1) is 0 Å². The van der Waals surface area contributed by atoms with E-state index in [9.17, 15) is 4.79 Å². The molecule has 0 aliphatic rings. The monoisotopic (exact) mass is 198 g/mol. The fourth-order valence-electron chi connectivity index (χ4n) is 0.548. The topological polar surface area (TPSA) is 35.5 Å². The van der Waals surface area contributed by atoms with Gasteiger partial charge in [-0.3, -0.25) is 0 Å². The Labute approximate surface area is 85.4 Å². The molecule has 0 radical (unpaired) electrons. The zero-order valence-electron chi connectivity index (χ0n) is 9.29. The van der Waals surface area contributed by atoms with Crippen molar-refractivity contribution in [3.05, 3.63) is 24.5 Å². The molecule has 0 bridgehead atoms. The van der Waals surface area contributed by atoms with Gasteiger partial charge < -0.3 is 9.47 Å². The van der Waals surface area contributed by atoms with Crippen molar-refractivity contribution in [2.75, 3.05) is 6.61 Å². The lowest BCUT2D eigenvalue weighted by Crippen LogP contribution is -2.18. The van der Waals surface area contributed by atoms with Crippen molar-refractivity contribution in [2.24, 2.45) is 0 Å². The van der Waals surface area contributed by atoms with Crippen LogP contribution in [0.25, 0.3) is 0 Å². The van der Waals surface area contributed by atoms with Crippen LogP contribution in [0.4, 0.5) is 0 Å². The second-order valence-corrected chi connectivity index (χ2v) is 3.98. The van der Waals surface area contributed by atoms with Crippen LogP contribution in [0.2, 0.25) is 0 Å². The van der Waals surface area contributed by atoms with E-state index in [4.69, 9.17) is 9.47 Å². The molecule has 0 N–H and O–H groups in total. The number of carbonyl (C=O) groups excluding carboxylic acids is 1. The molecular formula is C11H18O3. The summed E-state index contributed by atoms with van der Waals surface area (Å²) in [4.78, 5) is 10.9. The average Bonchev–Trinajstić information content (AvgIpc) is 2.01. The van der Waals surface area contributed by atoms with Crippen LogP contribution < -0.4 is 0 Å². The van der Waals surface area contributed by atoms with Crippen LogP contribution in [0.15, 0.2) is 24.5 Å². The molecule has 0 amide bonds. The highest BCUT2D eigenvalue weighted by Crippen LogP contribution is 2.05. The van der Waals surface area contributed by atoms with E-state index >= 15 is 0 Å². The minimum atomic E-state index is -0.419. The molecule has 0 atom stereocenters. The van der Waals surface area contributed by atoms with Gasteiger partial charge in [0.1, 0.15) is 0 Å². The summed E-state index contributed by atoms with van der Waals surface area (Å²) >= 11 is 0. The predicted octanol–water partition coefficient (Wildman–Crippen LogP) is 2.43. The second-order valence-electron chi connectivity index (χ2n) is 3.98. The highest BCUT2D eigenvalue weighted by atomic mass is 16.5. The lowest BCUT2D eigenvalue weighted by atomic mass is 10.2. The summed E-state index contributed by atoms with van der Waals surface area (Å²) in [5.41, 5.74) is 0.203. The molecule has 3 heteroatoms. The standard InChI is InChI=1S/C11H18O3/c1-9(2)10(12)13-7-6-8-14-11(3,4)5/h6-7H,1,8H2,2-5H3. The highest BCUT2D eigenvalue weighted by Gasteiger charge is 2.07. The maximum absolute atomic E-state index is 10.9. The number of carbonyl (C=O) groups is 1. The Kier molecular flexibility index (Phi) is 5.16. The molecule has 0 heterocycles. The Balaban J connectivity index is 3.66. The summed E-state index contributed by atoms with van der Waals surface area (Å²) in [7, 11) is 0. The molecule has 0 aliphatic heterocycles. The van der Waals surface area contributed by atoms with Gasteiger partial charge in [0.2, 0.25) is 0 Å². The lowest BCUT2D eigenvalue weighted by molar-refractivity contribution is -0.133. The summed E-state index contributed by atoms with van der Waals surface area (Å²) in [6, 6.07) is 0. The van der Waals surface area contributed by atoms with E-state index in [-0.39, 0.29) is 5.60 Å². The molecule has 0 unspecified atom stereocenters. The fraction of sp³-hybridized carbons (Fsp3) is 0.545. The van der Waals surface area contributed by atoms with Crippen molar-refractivity contribution >= 4 is 5.97 Å².